The number of hydrogen-bond donors (Lipinski definition) is 1. The largest absolute Gasteiger partial charge is 0.381 e. The number of carbonyl (C=O) groups is 1. The number of nitrogens with one attached hydrogen (secondary N) is 1. The molecule has 1 amide bonds. The molecule has 2 saturated heterocycles. The minimum atomic E-state index is 0.227. The molecule has 1 unspecified atom stereocenters. The zero-order valence-corrected chi connectivity index (χ0v) is 7.79. The van der Waals surface area contributed by atoms with Crippen molar-refractivity contribution < 1.29 is 9.53 Å². The Morgan fingerprint density at radius 2 is 2.54 bits per heavy atom. The Morgan fingerprint density at radius 1 is 1.62 bits per heavy atom. The van der Waals surface area contributed by atoms with Crippen LogP contribution in [0.15, 0.2) is 0 Å². The zero-order chi connectivity index (χ0) is 9.10. The van der Waals surface area contributed by atoms with Crippen LogP contribution in [0.4, 0.5) is 0 Å². The summed E-state index contributed by atoms with van der Waals surface area (Å²) in [5, 5.41) is 3.05. The molecule has 13 heavy (non-hydrogen) atoms. The summed E-state index contributed by atoms with van der Waals surface area (Å²) in [6.07, 6.45) is 2.34. The molecular formula is C9H16N2O2. The van der Waals surface area contributed by atoms with Gasteiger partial charge in [0.2, 0.25) is 5.91 Å². The lowest BCUT2D eigenvalue weighted by molar-refractivity contribution is -0.127. The van der Waals surface area contributed by atoms with Gasteiger partial charge in [0.1, 0.15) is 0 Å². The summed E-state index contributed by atoms with van der Waals surface area (Å²) in [6, 6.07) is 0. The van der Waals surface area contributed by atoms with Crippen LogP contribution in [0.3, 0.4) is 0 Å². The zero-order valence-electron chi connectivity index (χ0n) is 7.79. The van der Waals surface area contributed by atoms with Gasteiger partial charge in [-0.15, -0.1) is 0 Å². The Morgan fingerprint density at radius 3 is 3.15 bits per heavy atom. The number of rotatable bonds is 2. The third-order valence-electron chi connectivity index (χ3n) is 2.66. The van der Waals surface area contributed by atoms with Gasteiger partial charge in [-0.3, -0.25) is 10.1 Å². The molecule has 0 saturated carbocycles. The summed E-state index contributed by atoms with van der Waals surface area (Å²) in [6.45, 7) is 3.81. The molecule has 2 heterocycles. The average molecular weight is 184 g/mol. The van der Waals surface area contributed by atoms with Crippen molar-refractivity contribution in [2.24, 2.45) is 5.92 Å². The van der Waals surface area contributed by atoms with E-state index < -0.39 is 0 Å². The van der Waals surface area contributed by atoms with Crippen LogP contribution in [0.1, 0.15) is 12.8 Å². The Balaban J connectivity index is 1.79. The number of ether oxygens (including phenoxy) is 1. The van der Waals surface area contributed by atoms with E-state index in [-0.39, 0.29) is 5.91 Å². The van der Waals surface area contributed by atoms with Crippen molar-refractivity contribution in [1.82, 2.24) is 10.2 Å². The highest BCUT2D eigenvalue weighted by atomic mass is 16.5. The fourth-order valence-corrected chi connectivity index (χ4v) is 1.93. The van der Waals surface area contributed by atoms with Gasteiger partial charge in [-0.1, -0.05) is 0 Å². The second kappa shape index (κ2) is 4.07. The van der Waals surface area contributed by atoms with Gasteiger partial charge in [-0.2, -0.15) is 0 Å². The van der Waals surface area contributed by atoms with Gasteiger partial charge < -0.3 is 9.64 Å². The molecule has 0 radical (unpaired) electrons. The van der Waals surface area contributed by atoms with Crippen molar-refractivity contribution >= 4 is 5.91 Å². The van der Waals surface area contributed by atoms with Crippen LogP contribution in [0.2, 0.25) is 0 Å². The van der Waals surface area contributed by atoms with Crippen molar-refractivity contribution in [3.63, 3.8) is 0 Å². The maximum absolute atomic E-state index is 11.3. The van der Waals surface area contributed by atoms with Gasteiger partial charge in [-0.25, -0.2) is 0 Å². The van der Waals surface area contributed by atoms with E-state index in [0.717, 1.165) is 32.8 Å². The van der Waals surface area contributed by atoms with Crippen LogP contribution in [-0.4, -0.2) is 43.8 Å². The van der Waals surface area contributed by atoms with Crippen molar-refractivity contribution in [2.75, 3.05) is 33.0 Å². The minimum absolute atomic E-state index is 0.227. The van der Waals surface area contributed by atoms with Gasteiger partial charge in [0.25, 0.3) is 0 Å². The van der Waals surface area contributed by atoms with E-state index in [4.69, 9.17) is 4.74 Å². The predicted molar refractivity (Wildman–Crippen MR) is 48.1 cm³/mol. The van der Waals surface area contributed by atoms with E-state index in [1.807, 2.05) is 4.90 Å². The summed E-state index contributed by atoms with van der Waals surface area (Å²) in [7, 11) is 0. The van der Waals surface area contributed by atoms with Crippen LogP contribution in [0, 0.1) is 5.92 Å². The fraction of sp³-hybridized carbons (Fsp3) is 0.889. The molecule has 0 bridgehead atoms. The number of hydrogen-bond acceptors (Lipinski definition) is 3. The molecule has 0 aromatic carbocycles. The first kappa shape index (κ1) is 8.97. The van der Waals surface area contributed by atoms with Gasteiger partial charge in [0.05, 0.1) is 19.8 Å². The Bertz CT molecular complexity index is 190. The third kappa shape index (κ3) is 2.19. The van der Waals surface area contributed by atoms with Crippen molar-refractivity contribution in [3.05, 3.63) is 0 Å². The van der Waals surface area contributed by atoms with Crippen LogP contribution >= 0.6 is 0 Å². The number of amides is 1. The van der Waals surface area contributed by atoms with Gasteiger partial charge in [0, 0.05) is 19.1 Å². The molecule has 2 fully saturated rings. The van der Waals surface area contributed by atoms with E-state index in [2.05, 4.69) is 5.32 Å². The van der Waals surface area contributed by atoms with Crippen LogP contribution in [0.25, 0.3) is 0 Å². The highest BCUT2D eigenvalue weighted by Gasteiger charge is 2.24. The third-order valence-corrected chi connectivity index (χ3v) is 2.66. The van der Waals surface area contributed by atoms with Crippen molar-refractivity contribution in [2.45, 2.75) is 12.8 Å². The summed E-state index contributed by atoms with van der Waals surface area (Å²) in [5.74, 6) is 0.781. The number of carbonyl (C=O) groups excluding carboxylic acids is 1. The van der Waals surface area contributed by atoms with Crippen molar-refractivity contribution in [3.8, 4) is 0 Å². The lowest BCUT2D eigenvalue weighted by Gasteiger charge is -2.26. The first-order chi connectivity index (χ1) is 6.36. The lowest BCUT2D eigenvalue weighted by Crippen LogP contribution is -2.35. The summed E-state index contributed by atoms with van der Waals surface area (Å²) in [4.78, 5) is 13.2. The molecule has 2 aliphatic rings. The molecule has 0 aromatic heterocycles. The smallest absolute Gasteiger partial charge is 0.237 e. The van der Waals surface area contributed by atoms with Gasteiger partial charge in [0.15, 0.2) is 0 Å². The normalized spacial score (nSPS) is 29.7. The summed E-state index contributed by atoms with van der Waals surface area (Å²) >= 11 is 0. The first-order valence-corrected chi connectivity index (χ1v) is 4.92. The summed E-state index contributed by atoms with van der Waals surface area (Å²) < 4.78 is 5.37. The van der Waals surface area contributed by atoms with E-state index in [1.165, 1.54) is 6.42 Å². The molecule has 1 atom stereocenters. The topological polar surface area (TPSA) is 41.6 Å². The van der Waals surface area contributed by atoms with Crippen molar-refractivity contribution in [1.29, 1.82) is 0 Å². The van der Waals surface area contributed by atoms with Crippen LogP contribution in [-0.2, 0) is 9.53 Å². The van der Waals surface area contributed by atoms with Gasteiger partial charge >= 0.3 is 0 Å². The monoisotopic (exact) mass is 184 g/mol. The highest BCUT2D eigenvalue weighted by molar-refractivity contribution is 5.79. The standard InChI is InChI=1S/C9H16N2O2/c12-9-4-10-7-11(9)5-8-2-1-3-13-6-8/h8,10H,1-7H2. The first-order valence-electron chi connectivity index (χ1n) is 4.92. The highest BCUT2D eigenvalue weighted by Crippen LogP contribution is 2.15. The fourth-order valence-electron chi connectivity index (χ4n) is 1.93. The van der Waals surface area contributed by atoms with E-state index in [9.17, 15) is 4.79 Å². The Hall–Kier alpha value is -0.610. The average Bonchev–Trinajstić information content (AvgIpc) is 2.54. The Labute approximate surface area is 78.2 Å². The molecule has 0 spiro atoms. The van der Waals surface area contributed by atoms with Gasteiger partial charge in [-0.05, 0) is 12.8 Å². The molecule has 2 rings (SSSR count). The van der Waals surface area contributed by atoms with Crippen LogP contribution < -0.4 is 5.32 Å². The number of nitrogens with zero attached hydrogens (tertiary/aromatic N) is 1. The second-order valence-electron chi connectivity index (χ2n) is 3.78. The molecule has 0 aliphatic carbocycles. The maximum Gasteiger partial charge on any atom is 0.237 e. The maximum atomic E-state index is 11.3. The molecule has 74 valence electrons. The summed E-state index contributed by atoms with van der Waals surface area (Å²) in [5.41, 5.74) is 0. The SMILES string of the molecule is O=C1CNCN1CC1CCCOC1. The molecule has 4 nitrogen and oxygen atoms in total. The molecule has 2 aliphatic heterocycles. The molecule has 1 N–H and O–H groups in total. The molecule has 0 aromatic rings. The Kier molecular flexibility index (Phi) is 2.80. The molecule has 4 heteroatoms. The van der Waals surface area contributed by atoms with E-state index in [0.29, 0.717) is 12.5 Å². The second-order valence-corrected chi connectivity index (χ2v) is 3.78. The predicted octanol–water partition coefficient (Wildman–Crippen LogP) is -0.198. The quantitative estimate of drug-likeness (QED) is 0.646. The minimum Gasteiger partial charge on any atom is -0.381 e. The van der Waals surface area contributed by atoms with E-state index >= 15 is 0 Å². The molecular weight excluding hydrogens is 168 g/mol. The van der Waals surface area contributed by atoms with Crippen LogP contribution in [0.5, 0.6) is 0 Å². The van der Waals surface area contributed by atoms with E-state index in [1.54, 1.807) is 0 Å². The lowest BCUT2D eigenvalue weighted by atomic mass is 10.0.